The second-order valence-corrected chi connectivity index (χ2v) is 4.50. The fourth-order valence-corrected chi connectivity index (χ4v) is 1.86. The van der Waals surface area contributed by atoms with Gasteiger partial charge in [0.15, 0.2) is 0 Å². The average Bonchev–Trinajstić information content (AvgIpc) is 2.92. The van der Waals surface area contributed by atoms with E-state index in [2.05, 4.69) is 10.1 Å². The summed E-state index contributed by atoms with van der Waals surface area (Å²) in [5.74, 6) is 0.364. The van der Waals surface area contributed by atoms with Crippen molar-refractivity contribution in [2.75, 3.05) is 5.73 Å². The Bertz CT molecular complexity index is 767. The fraction of sp³-hybridized carbons (Fsp3) is 0.0667. The van der Waals surface area contributed by atoms with E-state index in [4.69, 9.17) is 10.3 Å². The van der Waals surface area contributed by atoms with Gasteiger partial charge >= 0.3 is 0 Å². The van der Waals surface area contributed by atoms with Crippen molar-refractivity contribution in [2.24, 2.45) is 0 Å². The molecule has 0 fully saturated rings. The Morgan fingerprint density at radius 2 is 1.95 bits per heavy atom. The first-order chi connectivity index (χ1) is 9.63. The standard InChI is InChI=1S/C15H12FN3O/c1-9-5-6-11(8-13(9)17)15-18-14(19-20-15)10-3-2-4-12(16)7-10/h2-8H,17H2,1H3. The van der Waals surface area contributed by atoms with Crippen LogP contribution in [0, 0.1) is 12.7 Å². The van der Waals surface area contributed by atoms with Crippen LogP contribution >= 0.6 is 0 Å². The summed E-state index contributed by atoms with van der Waals surface area (Å²) in [5.41, 5.74) is 8.81. The minimum atomic E-state index is -0.339. The zero-order valence-corrected chi connectivity index (χ0v) is 10.8. The minimum Gasteiger partial charge on any atom is -0.398 e. The molecule has 0 radical (unpaired) electrons. The van der Waals surface area contributed by atoms with Gasteiger partial charge in [0.1, 0.15) is 5.82 Å². The van der Waals surface area contributed by atoms with Crippen LogP contribution in [0.4, 0.5) is 10.1 Å². The maximum absolute atomic E-state index is 13.2. The van der Waals surface area contributed by atoms with Crippen LogP contribution in [-0.4, -0.2) is 10.1 Å². The average molecular weight is 269 g/mol. The summed E-state index contributed by atoms with van der Waals surface area (Å²) in [6.45, 7) is 1.92. The topological polar surface area (TPSA) is 64.9 Å². The van der Waals surface area contributed by atoms with E-state index in [1.54, 1.807) is 18.2 Å². The molecule has 4 nitrogen and oxygen atoms in total. The Hall–Kier alpha value is -2.69. The molecule has 0 amide bonds. The summed E-state index contributed by atoms with van der Waals surface area (Å²) in [6.07, 6.45) is 0. The lowest BCUT2D eigenvalue weighted by Crippen LogP contribution is -1.90. The van der Waals surface area contributed by atoms with E-state index in [1.807, 2.05) is 19.1 Å². The van der Waals surface area contributed by atoms with Gasteiger partial charge in [-0.1, -0.05) is 23.4 Å². The number of nitrogen functional groups attached to an aromatic ring is 1. The van der Waals surface area contributed by atoms with Gasteiger partial charge in [0.2, 0.25) is 5.82 Å². The van der Waals surface area contributed by atoms with E-state index in [0.29, 0.717) is 23.0 Å². The highest BCUT2D eigenvalue weighted by atomic mass is 19.1. The molecular formula is C15H12FN3O. The largest absolute Gasteiger partial charge is 0.398 e. The SMILES string of the molecule is Cc1ccc(-c2nc(-c3cccc(F)c3)no2)cc1N. The number of aromatic nitrogens is 2. The number of anilines is 1. The van der Waals surface area contributed by atoms with Gasteiger partial charge in [-0.3, -0.25) is 0 Å². The molecule has 0 atom stereocenters. The van der Waals surface area contributed by atoms with Crippen molar-refractivity contribution in [3.05, 3.63) is 53.8 Å². The van der Waals surface area contributed by atoms with Crippen molar-refractivity contribution in [2.45, 2.75) is 6.92 Å². The molecule has 0 aliphatic carbocycles. The summed E-state index contributed by atoms with van der Waals surface area (Å²) in [7, 11) is 0. The maximum atomic E-state index is 13.2. The zero-order valence-electron chi connectivity index (χ0n) is 10.8. The van der Waals surface area contributed by atoms with E-state index in [9.17, 15) is 4.39 Å². The van der Waals surface area contributed by atoms with Crippen LogP contribution in [0.15, 0.2) is 47.0 Å². The van der Waals surface area contributed by atoms with Crippen molar-refractivity contribution >= 4 is 5.69 Å². The van der Waals surface area contributed by atoms with Gasteiger partial charge in [0.05, 0.1) is 0 Å². The number of nitrogens with two attached hydrogens (primary N) is 1. The maximum Gasteiger partial charge on any atom is 0.258 e. The quantitative estimate of drug-likeness (QED) is 0.724. The van der Waals surface area contributed by atoms with Crippen molar-refractivity contribution in [3.63, 3.8) is 0 Å². The Morgan fingerprint density at radius 3 is 2.70 bits per heavy atom. The van der Waals surface area contributed by atoms with Crippen molar-refractivity contribution in [3.8, 4) is 22.8 Å². The number of aryl methyl sites for hydroxylation is 1. The molecule has 0 aliphatic heterocycles. The molecule has 0 unspecified atom stereocenters. The summed E-state index contributed by atoms with van der Waals surface area (Å²) in [4.78, 5) is 4.26. The van der Waals surface area contributed by atoms with Crippen LogP contribution in [0.1, 0.15) is 5.56 Å². The van der Waals surface area contributed by atoms with Crippen LogP contribution in [0.25, 0.3) is 22.8 Å². The molecule has 0 saturated carbocycles. The van der Waals surface area contributed by atoms with Crippen LogP contribution in [0.3, 0.4) is 0 Å². The van der Waals surface area contributed by atoms with Crippen molar-refractivity contribution in [1.82, 2.24) is 10.1 Å². The molecule has 1 heterocycles. The van der Waals surface area contributed by atoms with Crippen molar-refractivity contribution < 1.29 is 8.91 Å². The second kappa shape index (κ2) is 4.77. The Morgan fingerprint density at radius 1 is 1.10 bits per heavy atom. The molecule has 0 spiro atoms. The van der Waals surface area contributed by atoms with Gasteiger partial charge in [-0.05, 0) is 36.8 Å². The molecule has 2 aromatic carbocycles. The van der Waals surface area contributed by atoms with E-state index in [-0.39, 0.29) is 5.82 Å². The molecule has 5 heteroatoms. The van der Waals surface area contributed by atoms with Crippen LogP contribution < -0.4 is 5.73 Å². The first-order valence-corrected chi connectivity index (χ1v) is 6.09. The summed E-state index contributed by atoms with van der Waals surface area (Å²) in [5, 5.41) is 3.86. The lowest BCUT2D eigenvalue weighted by molar-refractivity contribution is 0.432. The van der Waals surface area contributed by atoms with Gasteiger partial charge in [-0.2, -0.15) is 4.98 Å². The van der Waals surface area contributed by atoms with Crippen LogP contribution in [0.5, 0.6) is 0 Å². The first-order valence-electron chi connectivity index (χ1n) is 6.09. The van der Waals surface area contributed by atoms with Gasteiger partial charge in [-0.25, -0.2) is 4.39 Å². The fourth-order valence-electron chi connectivity index (χ4n) is 1.86. The number of benzene rings is 2. The lowest BCUT2D eigenvalue weighted by Gasteiger charge is -2.00. The summed E-state index contributed by atoms with van der Waals surface area (Å²) < 4.78 is 18.4. The van der Waals surface area contributed by atoms with E-state index in [1.165, 1.54) is 12.1 Å². The summed E-state index contributed by atoms with van der Waals surface area (Å²) >= 11 is 0. The molecule has 3 aromatic rings. The third-order valence-electron chi connectivity index (χ3n) is 3.04. The highest BCUT2D eigenvalue weighted by molar-refractivity contribution is 5.64. The highest BCUT2D eigenvalue weighted by Gasteiger charge is 2.11. The zero-order chi connectivity index (χ0) is 14.1. The molecule has 3 rings (SSSR count). The van der Waals surface area contributed by atoms with Gasteiger partial charge in [0.25, 0.3) is 5.89 Å². The second-order valence-electron chi connectivity index (χ2n) is 4.50. The van der Waals surface area contributed by atoms with Crippen molar-refractivity contribution in [1.29, 1.82) is 0 Å². The number of nitrogens with zero attached hydrogens (tertiary/aromatic N) is 2. The Kier molecular flexibility index (Phi) is 2.95. The summed E-state index contributed by atoms with van der Waals surface area (Å²) in [6, 6.07) is 11.6. The molecular weight excluding hydrogens is 257 g/mol. The Balaban J connectivity index is 1.99. The molecule has 0 bridgehead atoms. The Labute approximate surface area is 115 Å². The van der Waals surface area contributed by atoms with E-state index in [0.717, 1.165) is 11.1 Å². The molecule has 0 saturated heterocycles. The van der Waals surface area contributed by atoms with Crippen LogP contribution in [-0.2, 0) is 0 Å². The number of rotatable bonds is 2. The van der Waals surface area contributed by atoms with Gasteiger partial charge < -0.3 is 10.3 Å². The monoisotopic (exact) mass is 269 g/mol. The minimum absolute atomic E-state index is 0.339. The number of hydrogen-bond donors (Lipinski definition) is 1. The first kappa shape index (κ1) is 12.3. The molecule has 20 heavy (non-hydrogen) atoms. The third kappa shape index (κ3) is 2.25. The van der Waals surface area contributed by atoms with E-state index >= 15 is 0 Å². The predicted octanol–water partition coefficient (Wildman–Crippen LogP) is 3.43. The smallest absolute Gasteiger partial charge is 0.258 e. The molecule has 2 N–H and O–H groups in total. The predicted molar refractivity (Wildman–Crippen MR) is 74.3 cm³/mol. The number of hydrogen-bond acceptors (Lipinski definition) is 4. The molecule has 100 valence electrons. The number of halogens is 1. The normalized spacial score (nSPS) is 10.7. The van der Waals surface area contributed by atoms with Gasteiger partial charge in [0, 0.05) is 16.8 Å². The van der Waals surface area contributed by atoms with Crippen LogP contribution in [0.2, 0.25) is 0 Å². The highest BCUT2D eigenvalue weighted by Crippen LogP contribution is 2.25. The van der Waals surface area contributed by atoms with E-state index < -0.39 is 0 Å². The third-order valence-corrected chi connectivity index (χ3v) is 3.04. The van der Waals surface area contributed by atoms with Gasteiger partial charge in [-0.15, -0.1) is 0 Å². The molecule has 1 aromatic heterocycles. The lowest BCUT2D eigenvalue weighted by atomic mass is 10.1. The molecule has 0 aliphatic rings.